The van der Waals surface area contributed by atoms with Crippen molar-refractivity contribution in [3.63, 3.8) is 0 Å². The van der Waals surface area contributed by atoms with Crippen molar-refractivity contribution < 1.29 is 49.6 Å². The second-order valence-corrected chi connectivity index (χ2v) is 6.68. The SMILES string of the molecule is N[C@H]1C=C(CO)[C@H]2[C@H](O[C@@H]3O[C@H](CO)[C@@H](O)[C@H](O)[C@H]3O)O[C@@H](C(=O)O)[C@H]21. The third-order valence-corrected chi connectivity index (χ3v) is 5.16. The van der Waals surface area contributed by atoms with Crippen molar-refractivity contribution >= 4 is 5.97 Å². The third kappa shape index (κ3) is 3.15. The number of hydrogen-bond acceptors (Lipinski definition) is 10. The highest BCUT2D eigenvalue weighted by atomic mass is 16.8. The molecule has 2 fully saturated rings. The number of carboxylic acids is 1. The first kappa shape index (κ1) is 19.6. The molecule has 2 aliphatic heterocycles. The zero-order valence-electron chi connectivity index (χ0n) is 13.7. The summed E-state index contributed by atoms with van der Waals surface area (Å²) >= 11 is 0. The Morgan fingerprint density at radius 2 is 1.81 bits per heavy atom. The van der Waals surface area contributed by atoms with Crippen LogP contribution in [0.5, 0.6) is 0 Å². The number of hydrogen-bond donors (Lipinski definition) is 7. The van der Waals surface area contributed by atoms with Gasteiger partial charge in [-0.3, -0.25) is 0 Å². The summed E-state index contributed by atoms with van der Waals surface area (Å²) < 4.78 is 16.2. The Labute approximate surface area is 148 Å². The van der Waals surface area contributed by atoms with Crippen molar-refractivity contribution in [1.82, 2.24) is 0 Å². The number of carbonyl (C=O) groups is 1. The van der Waals surface area contributed by atoms with Crippen molar-refractivity contribution in [3.8, 4) is 0 Å². The van der Waals surface area contributed by atoms with Crippen molar-refractivity contribution in [2.75, 3.05) is 13.2 Å². The van der Waals surface area contributed by atoms with Gasteiger partial charge in [-0.05, 0) is 5.57 Å². The second kappa shape index (κ2) is 7.46. The number of aliphatic hydroxyl groups is 5. The van der Waals surface area contributed by atoms with Crippen LogP contribution >= 0.6 is 0 Å². The molecule has 0 spiro atoms. The van der Waals surface area contributed by atoms with Gasteiger partial charge in [0.1, 0.15) is 24.4 Å². The highest BCUT2D eigenvalue weighted by Crippen LogP contribution is 2.45. The molecule has 1 aliphatic carbocycles. The zero-order chi connectivity index (χ0) is 19.2. The average Bonchev–Trinajstić information content (AvgIpc) is 3.14. The number of rotatable bonds is 5. The van der Waals surface area contributed by atoms with Gasteiger partial charge in [0.2, 0.25) is 0 Å². The molecule has 0 aromatic carbocycles. The molecule has 148 valence electrons. The van der Waals surface area contributed by atoms with Crippen LogP contribution < -0.4 is 5.73 Å². The molecule has 0 saturated carbocycles. The Morgan fingerprint density at radius 1 is 1.12 bits per heavy atom. The first-order valence-corrected chi connectivity index (χ1v) is 8.21. The molecule has 0 aromatic rings. The van der Waals surface area contributed by atoms with Crippen molar-refractivity contribution in [2.24, 2.45) is 17.6 Å². The van der Waals surface area contributed by atoms with Gasteiger partial charge >= 0.3 is 5.97 Å². The average molecular weight is 377 g/mol. The van der Waals surface area contributed by atoms with Gasteiger partial charge in [-0.1, -0.05) is 6.08 Å². The highest BCUT2D eigenvalue weighted by Gasteiger charge is 2.56. The maximum atomic E-state index is 11.5. The van der Waals surface area contributed by atoms with Crippen LogP contribution in [0.1, 0.15) is 0 Å². The Balaban J connectivity index is 1.80. The van der Waals surface area contributed by atoms with E-state index in [0.717, 1.165) is 0 Å². The molecule has 3 aliphatic rings. The largest absolute Gasteiger partial charge is 0.479 e. The van der Waals surface area contributed by atoms with E-state index in [1.54, 1.807) is 6.08 Å². The summed E-state index contributed by atoms with van der Waals surface area (Å²) in [6.07, 6.45) is -8.46. The fraction of sp³-hybridized carbons (Fsp3) is 0.800. The summed E-state index contributed by atoms with van der Waals surface area (Å²) in [6, 6.07) is -0.661. The van der Waals surface area contributed by atoms with Crippen LogP contribution in [-0.2, 0) is 19.0 Å². The Kier molecular flexibility index (Phi) is 5.63. The molecule has 11 nitrogen and oxygen atoms in total. The molecule has 3 rings (SSSR count). The predicted molar refractivity (Wildman–Crippen MR) is 81.3 cm³/mol. The molecule has 0 amide bonds. The Bertz CT molecular complexity index is 569. The molecule has 10 atom stereocenters. The molecule has 2 heterocycles. The lowest BCUT2D eigenvalue weighted by Gasteiger charge is -2.40. The van der Waals surface area contributed by atoms with Crippen LogP contribution in [0.3, 0.4) is 0 Å². The lowest BCUT2D eigenvalue weighted by atomic mass is 9.87. The second-order valence-electron chi connectivity index (χ2n) is 6.68. The van der Waals surface area contributed by atoms with Gasteiger partial charge in [0.15, 0.2) is 18.7 Å². The summed E-state index contributed by atoms with van der Waals surface area (Å²) in [5.41, 5.74) is 6.39. The number of nitrogens with two attached hydrogens (primary N) is 1. The highest BCUT2D eigenvalue weighted by molar-refractivity contribution is 5.74. The zero-order valence-corrected chi connectivity index (χ0v) is 13.7. The van der Waals surface area contributed by atoms with Crippen LogP contribution in [-0.4, -0.2) is 99.0 Å². The number of ether oxygens (including phenoxy) is 3. The molecule has 0 radical (unpaired) electrons. The molecule has 0 aromatic heterocycles. The molecule has 26 heavy (non-hydrogen) atoms. The smallest absolute Gasteiger partial charge is 0.333 e. The van der Waals surface area contributed by atoms with E-state index in [-0.39, 0.29) is 6.61 Å². The normalized spacial score (nSPS) is 48.3. The third-order valence-electron chi connectivity index (χ3n) is 5.16. The first-order chi connectivity index (χ1) is 12.3. The van der Waals surface area contributed by atoms with Crippen LogP contribution in [0.4, 0.5) is 0 Å². The summed E-state index contributed by atoms with van der Waals surface area (Å²) in [4.78, 5) is 11.5. The molecule has 0 unspecified atom stereocenters. The molecular formula is C15H23NO10. The summed E-state index contributed by atoms with van der Waals surface area (Å²) in [7, 11) is 0. The van der Waals surface area contributed by atoms with Gasteiger partial charge in [0.25, 0.3) is 0 Å². The lowest BCUT2D eigenvalue weighted by molar-refractivity contribution is -0.337. The van der Waals surface area contributed by atoms with Crippen molar-refractivity contribution in [3.05, 3.63) is 11.6 Å². The standard InChI is InChI=1S/C15H23NO10/c16-5-1-4(2-17)7-8(5)12(13(22)23)25-14(7)26-15-11(21)10(20)9(19)6(3-18)24-15/h1,5-12,14-15,17-21H,2-3,16H2,(H,22,23)/t5-,6+,7+,8-,9+,10-,11+,12+,14-,15-/m0/s1. The van der Waals surface area contributed by atoms with Gasteiger partial charge in [-0.2, -0.15) is 0 Å². The first-order valence-electron chi connectivity index (χ1n) is 8.21. The minimum atomic E-state index is -1.66. The van der Waals surface area contributed by atoms with Gasteiger partial charge in [0, 0.05) is 17.9 Å². The fourth-order valence-electron chi connectivity index (χ4n) is 3.83. The molecular weight excluding hydrogens is 354 g/mol. The molecule has 11 heteroatoms. The maximum absolute atomic E-state index is 11.5. The van der Waals surface area contributed by atoms with E-state index < -0.39 is 73.6 Å². The number of aliphatic hydroxyl groups excluding tert-OH is 5. The lowest BCUT2D eigenvalue weighted by Crippen LogP contribution is -2.60. The van der Waals surface area contributed by atoms with Crippen LogP contribution in [0.2, 0.25) is 0 Å². The Hall–Kier alpha value is -1.15. The summed E-state index contributed by atoms with van der Waals surface area (Å²) in [5, 5.41) is 57.8. The topological polar surface area (TPSA) is 192 Å². The van der Waals surface area contributed by atoms with E-state index in [4.69, 9.17) is 19.9 Å². The predicted octanol–water partition coefficient (Wildman–Crippen LogP) is -3.90. The number of fused-ring (bicyclic) bond motifs is 1. The van der Waals surface area contributed by atoms with E-state index in [1.807, 2.05) is 0 Å². The van der Waals surface area contributed by atoms with Crippen LogP contribution in [0, 0.1) is 11.8 Å². The minimum absolute atomic E-state index is 0.376. The van der Waals surface area contributed by atoms with E-state index in [9.17, 15) is 35.4 Å². The number of carboxylic acid groups (broad SMARTS) is 1. The monoisotopic (exact) mass is 377 g/mol. The van der Waals surface area contributed by atoms with Gasteiger partial charge in [-0.15, -0.1) is 0 Å². The van der Waals surface area contributed by atoms with Crippen molar-refractivity contribution in [1.29, 1.82) is 0 Å². The molecule has 2 saturated heterocycles. The van der Waals surface area contributed by atoms with E-state index in [2.05, 4.69) is 0 Å². The Morgan fingerprint density at radius 3 is 2.38 bits per heavy atom. The summed E-state index contributed by atoms with van der Waals surface area (Å²) in [5.74, 6) is -2.60. The van der Waals surface area contributed by atoms with Gasteiger partial charge in [-0.25, -0.2) is 4.79 Å². The quantitative estimate of drug-likeness (QED) is 0.232. The van der Waals surface area contributed by atoms with E-state index in [1.165, 1.54) is 0 Å². The maximum Gasteiger partial charge on any atom is 0.333 e. The van der Waals surface area contributed by atoms with E-state index in [0.29, 0.717) is 5.57 Å². The summed E-state index contributed by atoms with van der Waals surface area (Å²) in [6.45, 7) is -1.01. The molecule has 8 N–H and O–H groups in total. The fourth-order valence-corrected chi connectivity index (χ4v) is 3.83. The van der Waals surface area contributed by atoms with Crippen LogP contribution in [0.25, 0.3) is 0 Å². The van der Waals surface area contributed by atoms with Crippen molar-refractivity contribution in [2.45, 2.75) is 49.1 Å². The number of aliphatic carboxylic acids is 1. The molecule has 0 bridgehead atoms. The van der Waals surface area contributed by atoms with Crippen LogP contribution in [0.15, 0.2) is 11.6 Å². The van der Waals surface area contributed by atoms with Gasteiger partial charge < -0.3 is 50.6 Å². The minimum Gasteiger partial charge on any atom is -0.479 e. The van der Waals surface area contributed by atoms with E-state index >= 15 is 0 Å². The van der Waals surface area contributed by atoms with Gasteiger partial charge in [0.05, 0.1) is 13.2 Å².